The van der Waals surface area contributed by atoms with E-state index in [0.717, 1.165) is 12.8 Å². The summed E-state index contributed by atoms with van der Waals surface area (Å²) in [5.41, 5.74) is 0. The molecule has 0 saturated heterocycles. The fourth-order valence-corrected chi connectivity index (χ4v) is 1.32. The fraction of sp³-hybridized carbons (Fsp3) is 1.00. The molecule has 0 bridgehead atoms. The van der Waals surface area contributed by atoms with E-state index in [1.807, 2.05) is 13.8 Å². The minimum Gasteiger partial charge on any atom is -0.123 e. The van der Waals surface area contributed by atoms with Gasteiger partial charge in [-0.2, -0.15) is 0 Å². The molecule has 0 N–H and O–H groups in total. The average Bonchev–Trinajstić information content (AvgIpc) is 1.62. The predicted molar refractivity (Wildman–Crippen MR) is 44.5 cm³/mol. The van der Waals surface area contributed by atoms with E-state index in [9.17, 15) is 0 Å². The first kappa shape index (κ1) is 9.58. The van der Waals surface area contributed by atoms with Gasteiger partial charge in [-0.25, -0.2) is 0 Å². The molecular weight excluding hydrogens is 155 g/mol. The molecule has 0 fully saturated rings. The van der Waals surface area contributed by atoms with Gasteiger partial charge < -0.3 is 0 Å². The van der Waals surface area contributed by atoms with E-state index in [-0.39, 0.29) is 10.3 Å². The van der Waals surface area contributed by atoms with Crippen molar-refractivity contribution in [2.45, 2.75) is 43.9 Å². The van der Waals surface area contributed by atoms with Crippen molar-refractivity contribution in [3.63, 3.8) is 0 Å². The molecule has 2 heteroatoms. The Hall–Kier alpha value is 0.580. The van der Waals surface area contributed by atoms with Crippen LogP contribution in [0.3, 0.4) is 0 Å². The highest BCUT2D eigenvalue weighted by atomic mass is 35.5. The highest BCUT2D eigenvalue weighted by Gasteiger charge is 2.17. The summed E-state index contributed by atoms with van der Waals surface area (Å²) >= 11 is 11.8. The van der Waals surface area contributed by atoms with Crippen LogP contribution in [-0.4, -0.2) is 10.3 Å². The van der Waals surface area contributed by atoms with Crippen LogP contribution in [0.2, 0.25) is 0 Å². The molecule has 0 aliphatic carbocycles. The number of hydrogen-bond donors (Lipinski definition) is 0. The second-order valence-electron chi connectivity index (χ2n) is 2.93. The van der Waals surface area contributed by atoms with Gasteiger partial charge in [0, 0.05) is 10.3 Å². The molecule has 0 aliphatic heterocycles. The maximum Gasteiger partial charge on any atom is 0.0404 e. The zero-order valence-electron chi connectivity index (χ0n) is 6.25. The molecule has 0 nitrogen and oxygen atoms in total. The van der Waals surface area contributed by atoms with Crippen molar-refractivity contribution in [3.8, 4) is 0 Å². The lowest BCUT2D eigenvalue weighted by Gasteiger charge is -2.17. The van der Waals surface area contributed by atoms with Gasteiger partial charge in [-0.15, -0.1) is 23.2 Å². The molecule has 0 aromatic rings. The summed E-state index contributed by atoms with van der Waals surface area (Å²) < 4.78 is 0. The van der Waals surface area contributed by atoms with Gasteiger partial charge in [0.25, 0.3) is 0 Å². The molecule has 0 saturated carbocycles. The van der Waals surface area contributed by atoms with Gasteiger partial charge in [0.1, 0.15) is 0 Å². The van der Waals surface area contributed by atoms with Gasteiger partial charge in [0.05, 0.1) is 0 Å². The van der Waals surface area contributed by atoms with Crippen LogP contribution in [0.4, 0.5) is 0 Å². The first-order valence-electron chi connectivity index (χ1n) is 3.28. The second kappa shape index (κ2) is 3.68. The quantitative estimate of drug-likeness (QED) is 0.568. The normalized spacial score (nSPS) is 15.7. The Balaban J connectivity index is 3.47. The number of hydrogen-bond acceptors (Lipinski definition) is 0. The summed E-state index contributed by atoms with van der Waals surface area (Å²) in [6.45, 7) is 6.04. The molecule has 9 heavy (non-hydrogen) atoms. The molecule has 1 atom stereocenters. The van der Waals surface area contributed by atoms with Crippen LogP contribution in [0.5, 0.6) is 0 Å². The van der Waals surface area contributed by atoms with E-state index in [0.29, 0.717) is 0 Å². The summed E-state index contributed by atoms with van der Waals surface area (Å²) in [5.74, 6) is 0. The molecule has 0 heterocycles. The maximum absolute atomic E-state index is 5.92. The van der Waals surface area contributed by atoms with Crippen LogP contribution in [-0.2, 0) is 0 Å². The number of rotatable bonds is 3. The number of halogens is 2. The smallest absolute Gasteiger partial charge is 0.0404 e. The molecule has 56 valence electrons. The Morgan fingerprint density at radius 3 is 2.00 bits per heavy atom. The van der Waals surface area contributed by atoms with Crippen LogP contribution in [0.1, 0.15) is 33.6 Å². The lowest BCUT2D eigenvalue weighted by molar-refractivity contribution is 0.590. The molecule has 0 aromatic carbocycles. The highest BCUT2D eigenvalue weighted by Crippen LogP contribution is 2.23. The van der Waals surface area contributed by atoms with Crippen molar-refractivity contribution in [1.82, 2.24) is 0 Å². The Kier molecular flexibility index (Phi) is 3.91. The van der Waals surface area contributed by atoms with Crippen LogP contribution in [0.25, 0.3) is 0 Å². The molecule has 0 aliphatic rings. The third-order valence-electron chi connectivity index (χ3n) is 1.15. The summed E-state index contributed by atoms with van der Waals surface area (Å²) in [4.78, 5) is -0.136. The zero-order valence-corrected chi connectivity index (χ0v) is 7.76. The third-order valence-corrected chi connectivity index (χ3v) is 1.77. The summed E-state index contributed by atoms with van der Waals surface area (Å²) in [6, 6.07) is 0. The van der Waals surface area contributed by atoms with Gasteiger partial charge in [-0.05, 0) is 26.7 Å². The van der Waals surface area contributed by atoms with Crippen LogP contribution in [0.15, 0.2) is 0 Å². The van der Waals surface area contributed by atoms with Gasteiger partial charge >= 0.3 is 0 Å². The first-order chi connectivity index (χ1) is 3.95. The fourth-order valence-electron chi connectivity index (χ4n) is 0.671. The zero-order chi connectivity index (χ0) is 7.49. The SMILES string of the molecule is CCC(Cl)CC(C)(C)Cl. The van der Waals surface area contributed by atoms with Crippen molar-refractivity contribution in [2.24, 2.45) is 0 Å². The largest absolute Gasteiger partial charge is 0.123 e. The van der Waals surface area contributed by atoms with Crippen molar-refractivity contribution in [2.75, 3.05) is 0 Å². The standard InChI is InChI=1S/C7H14Cl2/c1-4-6(8)5-7(2,3)9/h6H,4-5H2,1-3H3. The lowest BCUT2D eigenvalue weighted by atomic mass is 10.1. The van der Waals surface area contributed by atoms with E-state index >= 15 is 0 Å². The second-order valence-corrected chi connectivity index (χ2v) is 4.57. The first-order valence-corrected chi connectivity index (χ1v) is 4.10. The van der Waals surface area contributed by atoms with E-state index < -0.39 is 0 Å². The molecule has 0 rings (SSSR count). The average molecular weight is 169 g/mol. The summed E-state index contributed by atoms with van der Waals surface area (Å²) in [7, 11) is 0. The Labute approximate surface area is 67.5 Å². The Bertz CT molecular complexity index is 73.5. The van der Waals surface area contributed by atoms with Gasteiger partial charge in [0.15, 0.2) is 0 Å². The topological polar surface area (TPSA) is 0 Å². The molecule has 0 aromatic heterocycles. The maximum atomic E-state index is 5.92. The van der Waals surface area contributed by atoms with Crippen molar-refractivity contribution in [3.05, 3.63) is 0 Å². The predicted octanol–water partition coefficient (Wildman–Crippen LogP) is 3.41. The Morgan fingerprint density at radius 1 is 1.44 bits per heavy atom. The minimum absolute atomic E-state index is 0.136. The van der Waals surface area contributed by atoms with Crippen molar-refractivity contribution >= 4 is 23.2 Å². The van der Waals surface area contributed by atoms with Crippen molar-refractivity contribution in [1.29, 1.82) is 0 Å². The van der Waals surface area contributed by atoms with Crippen LogP contribution < -0.4 is 0 Å². The van der Waals surface area contributed by atoms with Gasteiger partial charge in [0.2, 0.25) is 0 Å². The molecule has 1 unspecified atom stereocenters. The van der Waals surface area contributed by atoms with E-state index in [1.165, 1.54) is 0 Å². The highest BCUT2D eigenvalue weighted by molar-refractivity contribution is 6.25. The Morgan fingerprint density at radius 2 is 1.89 bits per heavy atom. The van der Waals surface area contributed by atoms with E-state index in [4.69, 9.17) is 23.2 Å². The number of alkyl halides is 2. The summed E-state index contributed by atoms with van der Waals surface area (Å²) in [5, 5.41) is 0.234. The monoisotopic (exact) mass is 168 g/mol. The van der Waals surface area contributed by atoms with Gasteiger partial charge in [-0.3, -0.25) is 0 Å². The molecule has 0 amide bonds. The van der Waals surface area contributed by atoms with Crippen LogP contribution >= 0.6 is 23.2 Å². The van der Waals surface area contributed by atoms with Gasteiger partial charge in [-0.1, -0.05) is 6.92 Å². The summed E-state index contributed by atoms with van der Waals surface area (Å²) in [6.07, 6.45) is 1.88. The minimum atomic E-state index is -0.136. The van der Waals surface area contributed by atoms with Crippen LogP contribution in [0, 0.1) is 0 Å². The molecular formula is C7H14Cl2. The van der Waals surface area contributed by atoms with Crippen molar-refractivity contribution < 1.29 is 0 Å². The lowest BCUT2D eigenvalue weighted by Crippen LogP contribution is -2.16. The van der Waals surface area contributed by atoms with E-state index in [1.54, 1.807) is 0 Å². The third kappa shape index (κ3) is 6.47. The molecule has 0 radical (unpaired) electrons. The molecule has 0 spiro atoms. The van der Waals surface area contributed by atoms with E-state index in [2.05, 4.69) is 6.92 Å².